The van der Waals surface area contributed by atoms with Gasteiger partial charge in [0.1, 0.15) is 11.4 Å². The zero-order valence-electron chi connectivity index (χ0n) is 13.6. The third kappa shape index (κ3) is 2.82. The van der Waals surface area contributed by atoms with Crippen molar-refractivity contribution < 1.29 is 14.3 Å². The molecule has 8 heteroatoms. The predicted molar refractivity (Wildman–Crippen MR) is 86.6 cm³/mol. The number of esters is 1. The first-order valence-corrected chi connectivity index (χ1v) is 7.68. The normalized spacial score (nSPS) is 12.8. The number of fused-ring (bicyclic) bond motifs is 1. The molecule has 3 rings (SSSR count). The molecule has 1 aromatic heterocycles. The highest BCUT2D eigenvalue weighted by molar-refractivity contribution is 5.72. The second kappa shape index (κ2) is 6.69. The second-order valence-electron chi connectivity index (χ2n) is 5.21. The number of hydrogen-bond donors (Lipinski definition) is 0. The summed E-state index contributed by atoms with van der Waals surface area (Å²) < 4.78 is 11.7. The van der Waals surface area contributed by atoms with Gasteiger partial charge in [-0.3, -0.25) is 14.2 Å². The topological polar surface area (TPSA) is 86.5 Å². The first kappa shape index (κ1) is 16.0. The molecule has 0 amide bonds. The van der Waals surface area contributed by atoms with Crippen molar-refractivity contribution >= 4 is 17.6 Å². The molecule has 126 valence electrons. The van der Waals surface area contributed by atoms with Crippen molar-refractivity contribution in [3.63, 3.8) is 0 Å². The summed E-state index contributed by atoms with van der Waals surface area (Å²) >= 11 is 0. The third-order valence-corrected chi connectivity index (χ3v) is 3.78. The molecule has 0 radical (unpaired) electrons. The summed E-state index contributed by atoms with van der Waals surface area (Å²) in [5.41, 5.74) is 0.600. The molecule has 0 spiro atoms. The summed E-state index contributed by atoms with van der Waals surface area (Å²) in [4.78, 5) is 26.0. The molecule has 8 nitrogen and oxygen atoms in total. The van der Waals surface area contributed by atoms with Crippen LogP contribution in [0.2, 0.25) is 0 Å². The Bertz CT molecular complexity index is 818. The summed E-state index contributed by atoms with van der Waals surface area (Å²) in [7, 11) is 1.59. The van der Waals surface area contributed by atoms with Crippen LogP contribution in [0.3, 0.4) is 0 Å². The highest BCUT2D eigenvalue weighted by Gasteiger charge is 2.27. The number of para-hydroxylation sites is 2. The number of carbonyl (C=O) groups is 1. The van der Waals surface area contributed by atoms with Gasteiger partial charge < -0.3 is 14.4 Å². The number of hydrogen-bond acceptors (Lipinski definition) is 7. The molecule has 0 saturated heterocycles. The second-order valence-corrected chi connectivity index (χ2v) is 5.21. The van der Waals surface area contributed by atoms with Gasteiger partial charge in [-0.2, -0.15) is 0 Å². The molecular formula is C16H18N4O4. The summed E-state index contributed by atoms with van der Waals surface area (Å²) in [6.45, 7) is 3.02. The lowest BCUT2D eigenvalue weighted by molar-refractivity contribution is -0.142. The monoisotopic (exact) mass is 330 g/mol. The minimum Gasteiger partial charge on any atom is -0.495 e. The van der Waals surface area contributed by atoms with E-state index in [0.29, 0.717) is 24.8 Å². The van der Waals surface area contributed by atoms with E-state index in [1.807, 2.05) is 29.2 Å². The standard InChI is InChI=1S/C16H18N4O4/c1-3-24-14(21)10-11-15(22)20-9-8-19(16(20)18-17-11)12-6-4-5-7-13(12)23-2/h4-7H,3,8-10H2,1-2H3. The van der Waals surface area contributed by atoms with Crippen LogP contribution in [-0.4, -0.2) is 41.0 Å². The lowest BCUT2D eigenvalue weighted by Crippen LogP contribution is -2.27. The molecule has 0 atom stereocenters. The van der Waals surface area contributed by atoms with Gasteiger partial charge >= 0.3 is 5.97 Å². The third-order valence-electron chi connectivity index (χ3n) is 3.78. The van der Waals surface area contributed by atoms with Crippen LogP contribution in [0.5, 0.6) is 5.75 Å². The Morgan fingerprint density at radius 2 is 2.04 bits per heavy atom. The highest BCUT2D eigenvalue weighted by Crippen LogP contribution is 2.34. The number of aromatic nitrogens is 3. The number of rotatable bonds is 5. The van der Waals surface area contributed by atoms with Crippen molar-refractivity contribution in [2.45, 2.75) is 19.9 Å². The van der Waals surface area contributed by atoms with E-state index in [1.165, 1.54) is 4.57 Å². The van der Waals surface area contributed by atoms with E-state index in [9.17, 15) is 9.59 Å². The average molecular weight is 330 g/mol. The molecule has 1 aliphatic heterocycles. The fraction of sp³-hybridized carbons (Fsp3) is 0.375. The fourth-order valence-corrected chi connectivity index (χ4v) is 2.69. The van der Waals surface area contributed by atoms with Crippen molar-refractivity contribution in [2.75, 3.05) is 25.2 Å². The smallest absolute Gasteiger partial charge is 0.312 e. The highest BCUT2D eigenvalue weighted by atomic mass is 16.5. The number of methoxy groups -OCH3 is 1. The van der Waals surface area contributed by atoms with E-state index < -0.39 is 5.97 Å². The molecule has 24 heavy (non-hydrogen) atoms. The van der Waals surface area contributed by atoms with Crippen LogP contribution < -0.4 is 15.2 Å². The van der Waals surface area contributed by atoms with Crippen LogP contribution in [-0.2, 0) is 22.5 Å². The van der Waals surface area contributed by atoms with Crippen LogP contribution >= 0.6 is 0 Å². The zero-order chi connectivity index (χ0) is 17.1. The zero-order valence-corrected chi connectivity index (χ0v) is 13.6. The minimum atomic E-state index is -0.482. The van der Waals surface area contributed by atoms with Gasteiger partial charge in [0.25, 0.3) is 5.56 Å². The van der Waals surface area contributed by atoms with Crippen molar-refractivity contribution in [1.82, 2.24) is 14.8 Å². The van der Waals surface area contributed by atoms with Crippen molar-refractivity contribution in [1.29, 1.82) is 0 Å². The largest absolute Gasteiger partial charge is 0.495 e. The molecule has 0 bridgehead atoms. The summed E-state index contributed by atoms with van der Waals surface area (Å²) in [5.74, 6) is 0.650. The number of carbonyl (C=O) groups excluding carboxylic acids is 1. The van der Waals surface area contributed by atoms with Gasteiger partial charge in [-0.05, 0) is 19.1 Å². The van der Waals surface area contributed by atoms with Crippen molar-refractivity contribution in [3.05, 3.63) is 40.3 Å². The maximum absolute atomic E-state index is 12.5. The summed E-state index contributed by atoms with van der Waals surface area (Å²) in [6, 6.07) is 7.51. The maximum Gasteiger partial charge on any atom is 0.312 e. The molecule has 2 aromatic rings. The molecule has 0 unspecified atom stereocenters. The van der Waals surface area contributed by atoms with Crippen LogP contribution in [0.15, 0.2) is 29.1 Å². The Balaban J connectivity index is 1.94. The van der Waals surface area contributed by atoms with Crippen LogP contribution in [0.4, 0.5) is 11.6 Å². The van der Waals surface area contributed by atoms with Gasteiger partial charge in [0.15, 0.2) is 0 Å². The van der Waals surface area contributed by atoms with Gasteiger partial charge in [-0.25, -0.2) is 0 Å². The van der Waals surface area contributed by atoms with Crippen LogP contribution in [0.25, 0.3) is 0 Å². The number of ether oxygens (including phenoxy) is 2. The molecule has 0 aliphatic carbocycles. The Kier molecular flexibility index (Phi) is 4.45. The molecular weight excluding hydrogens is 312 g/mol. The molecule has 1 aromatic carbocycles. The van der Waals surface area contributed by atoms with Crippen LogP contribution in [0.1, 0.15) is 12.6 Å². The fourth-order valence-electron chi connectivity index (χ4n) is 2.69. The lowest BCUT2D eigenvalue weighted by Gasteiger charge is -2.19. The number of nitrogens with zero attached hydrogens (tertiary/aromatic N) is 4. The quantitative estimate of drug-likeness (QED) is 0.753. The van der Waals surface area contributed by atoms with E-state index in [2.05, 4.69) is 10.2 Å². The molecule has 0 fully saturated rings. The molecule has 1 aliphatic rings. The lowest BCUT2D eigenvalue weighted by atomic mass is 10.2. The Morgan fingerprint density at radius 3 is 2.79 bits per heavy atom. The van der Waals surface area contributed by atoms with Crippen LogP contribution in [0, 0.1) is 0 Å². The number of anilines is 2. The predicted octanol–water partition coefficient (Wildman–Crippen LogP) is 0.904. The number of benzene rings is 1. The van der Waals surface area contributed by atoms with Gasteiger partial charge in [-0.15, -0.1) is 10.2 Å². The van der Waals surface area contributed by atoms with Crippen molar-refractivity contribution in [3.8, 4) is 5.75 Å². The summed E-state index contributed by atoms with van der Waals surface area (Å²) in [6.07, 6.45) is -0.172. The van der Waals surface area contributed by atoms with E-state index in [4.69, 9.17) is 9.47 Å². The van der Waals surface area contributed by atoms with Gasteiger partial charge in [0, 0.05) is 13.1 Å². The molecule has 0 saturated carbocycles. The van der Waals surface area contributed by atoms with E-state index in [1.54, 1.807) is 14.0 Å². The Morgan fingerprint density at radius 1 is 1.25 bits per heavy atom. The van der Waals surface area contributed by atoms with Crippen molar-refractivity contribution in [2.24, 2.45) is 0 Å². The van der Waals surface area contributed by atoms with E-state index in [-0.39, 0.29) is 24.3 Å². The van der Waals surface area contributed by atoms with Gasteiger partial charge in [0.2, 0.25) is 5.95 Å². The van der Waals surface area contributed by atoms with E-state index in [0.717, 1.165) is 5.69 Å². The first-order valence-electron chi connectivity index (χ1n) is 7.68. The first-order chi connectivity index (χ1) is 11.7. The summed E-state index contributed by atoms with van der Waals surface area (Å²) in [5, 5.41) is 8.08. The van der Waals surface area contributed by atoms with E-state index >= 15 is 0 Å². The average Bonchev–Trinajstić information content (AvgIpc) is 3.02. The van der Waals surface area contributed by atoms with Gasteiger partial charge in [-0.1, -0.05) is 12.1 Å². The molecule has 0 N–H and O–H groups in total. The Hall–Kier alpha value is -2.90. The minimum absolute atomic E-state index is 0.0964. The maximum atomic E-state index is 12.5. The van der Waals surface area contributed by atoms with Gasteiger partial charge in [0.05, 0.1) is 25.8 Å². The Labute approximate surface area is 138 Å². The SMILES string of the molecule is CCOC(=O)Cc1nnc2n(c1=O)CCN2c1ccccc1OC. The molecule has 2 heterocycles.